The van der Waals surface area contributed by atoms with Crippen molar-refractivity contribution in [3.05, 3.63) is 24.3 Å². The lowest BCUT2D eigenvalue weighted by atomic mass is 9.82. The Morgan fingerprint density at radius 3 is 2.67 bits per heavy atom. The van der Waals surface area contributed by atoms with Crippen LogP contribution in [0.4, 0.5) is 5.69 Å². The number of benzene rings is 1. The Kier molecular flexibility index (Phi) is 4.83. The van der Waals surface area contributed by atoms with Crippen molar-refractivity contribution in [3.63, 3.8) is 0 Å². The molecule has 114 valence electrons. The summed E-state index contributed by atoms with van der Waals surface area (Å²) in [6, 6.07) is 7.12. The molecule has 1 fully saturated rings. The monoisotopic (exact) mass is 291 g/mol. The molecular weight excluding hydrogens is 270 g/mol. The van der Waals surface area contributed by atoms with Gasteiger partial charge in [-0.1, -0.05) is 18.9 Å². The fourth-order valence-corrected chi connectivity index (χ4v) is 2.86. The quantitative estimate of drug-likeness (QED) is 0.844. The number of nitrogens with one attached hydrogen (secondary N) is 1. The van der Waals surface area contributed by atoms with Crippen LogP contribution >= 0.6 is 0 Å². The van der Waals surface area contributed by atoms with E-state index in [1.807, 2.05) is 13.0 Å². The fourth-order valence-electron chi connectivity index (χ4n) is 2.86. The van der Waals surface area contributed by atoms with Crippen molar-refractivity contribution in [1.29, 1.82) is 0 Å². The number of carboxylic acids is 1. The van der Waals surface area contributed by atoms with Crippen molar-refractivity contribution in [2.45, 2.75) is 39.0 Å². The lowest BCUT2D eigenvalue weighted by Gasteiger charge is -2.22. The highest BCUT2D eigenvalue weighted by Crippen LogP contribution is 2.41. The second-order valence-corrected chi connectivity index (χ2v) is 5.48. The van der Waals surface area contributed by atoms with Crippen molar-refractivity contribution in [2.24, 2.45) is 5.41 Å². The first-order valence-electron chi connectivity index (χ1n) is 7.32. The zero-order valence-corrected chi connectivity index (χ0v) is 12.2. The van der Waals surface area contributed by atoms with Gasteiger partial charge >= 0.3 is 5.97 Å². The van der Waals surface area contributed by atoms with Crippen LogP contribution < -0.4 is 10.1 Å². The first kappa shape index (κ1) is 15.4. The Hall–Kier alpha value is -2.04. The van der Waals surface area contributed by atoms with Crippen LogP contribution in [0.25, 0.3) is 0 Å². The summed E-state index contributed by atoms with van der Waals surface area (Å²) in [5.41, 5.74) is -0.258. The molecule has 1 aromatic rings. The summed E-state index contributed by atoms with van der Waals surface area (Å²) in [6.07, 6.45) is 2.93. The third kappa shape index (κ3) is 3.74. The van der Waals surface area contributed by atoms with Gasteiger partial charge in [0.15, 0.2) is 0 Å². The van der Waals surface area contributed by atoms with Gasteiger partial charge in [-0.05, 0) is 31.9 Å². The zero-order valence-electron chi connectivity index (χ0n) is 12.2. The van der Waals surface area contributed by atoms with Crippen molar-refractivity contribution < 1.29 is 19.4 Å². The van der Waals surface area contributed by atoms with Gasteiger partial charge in [0.05, 0.1) is 12.0 Å². The summed E-state index contributed by atoms with van der Waals surface area (Å²) in [5.74, 6) is -0.435. The smallest absolute Gasteiger partial charge is 0.310 e. The summed E-state index contributed by atoms with van der Waals surface area (Å²) < 4.78 is 5.37. The molecule has 0 atom stereocenters. The topological polar surface area (TPSA) is 75.6 Å². The van der Waals surface area contributed by atoms with Crippen LogP contribution in [0.1, 0.15) is 39.0 Å². The maximum atomic E-state index is 12.1. The SMILES string of the molecule is CCOc1cccc(NC(=O)CC2(C(=O)O)CCCC2)c1. The van der Waals surface area contributed by atoms with Crippen LogP contribution in [0.15, 0.2) is 24.3 Å². The van der Waals surface area contributed by atoms with Crippen LogP contribution in [-0.4, -0.2) is 23.6 Å². The molecule has 21 heavy (non-hydrogen) atoms. The number of hydrogen-bond donors (Lipinski definition) is 2. The number of carbonyl (C=O) groups is 2. The van der Waals surface area contributed by atoms with Gasteiger partial charge < -0.3 is 15.2 Å². The Morgan fingerprint density at radius 2 is 2.05 bits per heavy atom. The summed E-state index contributed by atoms with van der Waals surface area (Å²) in [6.45, 7) is 2.45. The predicted octanol–water partition coefficient (Wildman–Crippen LogP) is 3.06. The Balaban J connectivity index is 2.01. The number of carboxylic acid groups (broad SMARTS) is 1. The normalized spacial score (nSPS) is 16.4. The lowest BCUT2D eigenvalue weighted by Crippen LogP contribution is -2.32. The third-order valence-electron chi connectivity index (χ3n) is 3.94. The van der Waals surface area contributed by atoms with E-state index in [-0.39, 0.29) is 12.3 Å². The molecule has 0 aliphatic heterocycles. The molecular formula is C16H21NO4. The lowest BCUT2D eigenvalue weighted by molar-refractivity contribution is -0.150. The van der Waals surface area contributed by atoms with Gasteiger partial charge in [0.1, 0.15) is 5.75 Å². The maximum absolute atomic E-state index is 12.1. The first-order chi connectivity index (χ1) is 10.1. The summed E-state index contributed by atoms with van der Waals surface area (Å²) >= 11 is 0. The van der Waals surface area contributed by atoms with Gasteiger partial charge in [0.25, 0.3) is 0 Å². The number of amides is 1. The molecule has 2 rings (SSSR count). The molecule has 0 aromatic heterocycles. The minimum atomic E-state index is -0.887. The van der Waals surface area contributed by atoms with E-state index in [0.717, 1.165) is 12.8 Å². The van der Waals surface area contributed by atoms with Gasteiger partial charge in [-0.3, -0.25) is 9.59 Å². The minimum Gasteiger partial charge on any atom is -0.494 e. The number of ether oxygens (including phenoxy) is 1. The molecule has 0 radical (unpaired) electrons. The standard InChI is InChI=1S/C16H21NO4/c1-2-21-13-7-5-6-12(10-13)17-14(18)11-16(15(19)20)8-3-4-9-16/h5-7,10H,2-4,8-9,11H2,1H3,(H,17,18)(H,19,20). The van der Waals surface area contributed by atoms with Gasteiger partial charge in [-0.2, -0.15) is 0 Å². The van der Waals surface area contributed by atoms with Crippen LogP contribution in [0, 0.1) is 5.41 Å². The minimum absolute atomic E-state index is 0.0290. The van der Waals surface area contributed by atoms with Gasteiger partial charge in [-0.15, -0.1) is 0 Å². The maximum Gasteiger partial charge on any atom is 0.310 e. The number of rotatable bonds is 6. The second kappa shape index (κ2) is 6.61. The first-order valence-corrected chi connectivity index (χ1v) is 7.32. The highest BCUT2D eigenvalue weighted by atomic mass is 16.5. The van der Waals surface area contributed by atoms with Crippen LogP contribution in [0.3, 0.4) is 0 Å². The number of carbonyl (C=O) groups excluding carboxylic acids is 1. The van der Waals surface area contributed by atoms with Crippen LogP contribution in [0.2, 0.25) is 0 Å². The molecule has 0 saturated heterocycles. The molecule has 2 N–H and O–H groups in total. The summed E-state index contributed by atoms with van der Waals surface area (Å²) in [7, 11) is 0. The summed E-state index contributed by atoms with van der Waals surface area (Å²) in [5, 5.41) is 12.2. The largest absolute Gasteiger partial charge is 0.494 e. The highest BCUT2D eigenvalue weighted by Gasteiger charge is 2.42. The second-order valence-electron chi connectivity index (χ2n) is 5.48. The van der Waals surface area contributed by atoms with Gasteiger partial charge in [-0.25, -0.2) is 0 Å². The molecule has 0 bridgehead atoms. The molecule has 0 unspecified atom stereocenters. The van der Waals surface area contributed by atoms with E-state index in [1.54, 1.807) is 18.2 Å². The molecule has 0 heterocycles. The van der Waals surface area contributed by atoms with Crippen molar-refractivity contribution in [3.8, 4) is 5.75 Å². The molecule has 1 aliphatic carbocycles. The molecule has 5 heteroatoms. The Morgan fingerprint density at radius 1 is 1.33 bits per heavy atom. The van der Waals surface area contributed by atoms with Crippen LogP contribution in [0.5, 0.6) is 5.75 Å². The molecule has 0 spiro atoms. The van der Waals surface area contributed by atoms with Crippen molar-refractivity contribution in [1.82, 2.24) is 0 Å². The van der Waals surface area contributed by atoms with E-state index >= 15 is 0 Å². The Bertz CT molecular complexity index is 521. The number of hydrogen-bond acceptors (Lipinski definition) is 3. The zero-order chi connectivity index (χ0) is 15.3. The van der Waals surface area contributed by atoms with Gasteiger partial charge in [0.2, 0.25) is 5.91 Å². The average molecular weight is 291 g/mol. The highest BCUT2D eigenvalue weighted by molar-refractivity contribution is 5.94. The van der Waals surface area contributed by atoms with E-state index in [9.17, 15) is 14.7 Å². The summed E-state index contributed by atoms with van der Waals surface area (Å²) in [4.78, 5) is 23.6. The molecule has 1 aliphatic rings. The molecule has 1 saturated carbocycles. The van der Waals surface area contributed by atoms with E-state index in [4.69, 9.17) is 4.74 Å². The van der Waals surface area contributed by atoms with Crippen LogP contribution in [-0.2, 0) is 9.59 Å². The van der Waals surface area contributed by atoms with E-state index in [2.05, 4.69) is 5.32 Å². The van der Waals surface area contributed by atoms with E-state index in [1.165, 1.54) is 0 Å². The predicted molar refractivity (Wildman–Crippen MR) is 79.4 cm³/mol. The molecule has 5 nitrogen and oxygen atoms in total. The molecule has 1 amide bonds. The Labute approximate surface area is 124 Å². The van der Waals surface area contributed by atoms with Gasteiger partial charge in [0, 0.05) is 18.2 Å². The molecule has 1 aromatic carbocycles. The number of anilines is 1. The van der Waals surface area contributed by atoms with E-state index in [0.29, 0.717) is 30.9 Å². The fraction of sp³-hybridized carbons (Fsp3) is 0.500. The van der Waals surface area contributed by atoms with Crippen molar-refractivity contribution >= 4 is 17.6 Å². The third-order valence-corrected chi connectivity index (χ3v) is 3.94. The number of aliphatic carboxylic acids is 1. The average Bonchev–Trinajstić information content (AvgIpc) is 2.89. The van der Waals surface area contributed by atoms with Crippen molar-refractivity contribution in [2.75, 3.05) is 11.9 Å². The van der Waals surface area contributed by atoms with E-state index < -0.39 is 11.4 Å².